The van der Waals surface area contributed by atoms with Crippen LogP contribution in [-0.4, -0.2) is 41.8 Å². The molecule has 0 bridgehead atoms. The number of benzene rings is 2. The molecule has 166 valence electrons. The maximum absolute atomic E-state index is 13.1. The van der Waals surface area contributed by atoms with Gasteiger partial charge < -0.3 is 15.0 Å². The van der Waals surface area contributed by atoms with Gasteiger partial charge in [-0.2, -0.15) is 0 Å². The third-order valence-electron chi connectivity index (χ3n) is 5.62. The number of likely N-dealkylation sites (tertiary alicyclic amines) is 1. The Hall–Kier alpha value is -3.26. The number of methoxy groups -OCH3 is 1. The zero-order chi connectivity index (χ0) is 22.7. The second-order valence-electron chi connectivity index (χ2n) is 7.70. The van der Waals surface area contributed by atoms with Gasteiger partial charge in [-0.1, -0.05) is 23.5 Å². The van der Waals surface area contributed by atoms with E-state index in [1.807, 2.05) is 31.2 Å². The monoisotopic (exact) mass is 453 g/mol. The third kappa shape index (κ3) is 4.65. The van der Waals surface area contributed by atoms with Crippen molar-refractivity contribution in [3.63, 3.8) is 0 Å². The molecule has 3 aromatic rings. The Balaban J connectivity index is 1.40. The number of thiazole rings is 1. The molecule has 2 heterocycles. The van der Waals surface area contributed by atoms with Crippen LogP contribution in [-0.2, 0) is 0 Å². The van der Waals surface area contributed by atoms with Crippen molar-refractivity contribution in [3.8, 4) is 5.75 Å². The number of ether oxygens (including phenoxy) is 1. The van der Waals surface area contributed by atoms with Crippen LogP contribution < -0.4 is 10.1 Å². The van der Waals surface area contributed by atoms with Gasteiger partial charge in [-0.15, -0.1) is 0 Å². The fourth-order valence-electron chi connectivity index (χ4n) is 3.85. The highest BCUT2D eigenvalue weighted by Crippen LogP contribution is 2.32. The summed E-state index contributed by atoms with van der Waals surface area (Å²) in [7, 11) is 1.60. The molecule has 1 N–H and O–H groups in total. The zero-order valence-electron chi connectivity index (χ0n) is 17.9. The van der Waals surface area contributed by atoms with E-state index in [9.17, 15) is 14.0 Å². The van der Waals surface area contributed by atoms with Crippen molar-refractivity contribution < 1.29 is 18.7 Å². The van der Waals surface area contributed by atoms with Gasteiger partial charge in [-0.3, -0.25) is 9.59 Å². The first-order valence-corrected chi connectivity index (χ1v) is 11.2. The molecule has 1 amide bonds. The van der Waals surface area contributed by atoms with Crippen LogP contribution in [0.1, 0.15) is 38.6 Å². The van der Waals surface area contributed by atoms with Gasteiger partial charge in [-0.05, 0) is 56.2 Å². The highest BCUT2D eigenvalue weighted by atomic mass is 32.1. The van der Waals surface area contributed by atoms with Crippen LogP contribution in [0.2, 0.25) is 0 Å². The van der Waals surface area contributed by atoms with Gasteiger partial charge in [0.25, 0.3) is 5.91 Å². The van der Waals surface area contributed by atoms with Crippen molar-refractivity contribution in [2.45, 2.75) is 19.8 Å². The molecular weight excluding hydrogens is 429 g/mol. The van der Waals surface area contributed by atoms with E-state index < -0.39 is 0 Å². The van der Waals surface area contributed by atoms with Crippen LogP contribution in [0.25, 0.3) is 0 Å². The number of para-hydroxylation sites is 2. The minimum atomic E-state index is -0.360. The Morgan fingerprint density at radius 1 is 1.12 bits per heavy atom. The average Bonchev–Trinajstić information content (AvgIpc) is 3.19. The number of piperidine rings is 1. The van der Waals surface area contributed by atoms with Gasteiger partial charge in [0.05, 0.1) is 18.5 Å². The van der Waals surface area contributed by atoms with Crippen molar-refractivity contribution in [2.24, 2.45) is 5.92 Å². The number of hydrogen-bond donors (Lipinski definition) is 1. The van der Waals surface area contributed by atoms with Gasteiger partial charge in [0.1, 0.15) is 16.4 Å². The number of Topliss-reactive ketones (excluding diaryl/α,β-unsaturated/α-hetero) is 1. The molecule has 1 saturated heterocycles. The highest BCUT2D eigenvalue weighted by molar-refractivity contribution is 7.17. The molecule has 0 spiro atoms. The molecule has 4 rings (SSSR count). The molecule has 0 unspecified atom stereocenters. The van der Waals surface area contributed by atoms with E-state index in [1.54, 1.807) is 12.0 Å². The minimum absolute atomic E-state index is 0.00867. The summed E-state index contributed by atoms with van der Waals surface area (Å²) in [6, 6.07) is 13.2. The van der Waals surface area contributed by atoms with Crippen molar-refractivity contribution >= 4 is 33.8 Å². The number of ketones is 1. The van der Waals surface area contributed by atoms with Crippen molar-refractivity contribution in [1.29, 1.82) is 0 Å². The van der Waals surface area contributed by atoms with Crippen LogP contribution >= 0.6 is 11.3 Å². The Morgan fingerprint density at radius 3 is 2.50 bits per heavy atom. The quantitative estimate of drug-likeness (QED) is 0.527. The fourth-order valence-corrected chi connectivity index (χ4v) is 4.80. The Labute approximate surface area is 190 Å². The summed E-state index contributed by atoms with van der Waals surface area (Å²) < 4.78 is 18.5. The number of carbonyl (C=O) groups is 2. The minimum Gasteiger partial charge on any atom is -0.495 e. The number of nitrogens with one attached hydrogen (secondary N) is 1. The van der Waals surface area contributed by atoms with Gasteiger partial charge in [-0.25, -0.2) is 9.37 Å². The maximum atomic E-state index is 13.1. The zero-order valence-corrected chi connectivity index (χ0v) is 18.7. The number of aromatic nitrogens is 1. The van der Waals surface area contributed by atoms with E-state index in [1.165, 1.54) is 35.6 Å². The van der Waals surface area contributed by atoms with E-state index in [2.05, 4.69) is 10.3 Å². The molecule has 6 nitrogen and oxygen atoms in total. The Morgan fingerprint density at radius 2 is 1.81 bits per heavy atom. The first kappa shape index (κ1) is 22.0. The molecule has 1 fully saturated rings. The summed E-state index contributed by atoms with van der Waals surface area (Å²) in [6.07, 6.45) is 1.18. The van der Waals surface area contributed by atoms with Gasteiger partial charge in [0.2, 0.25) is 0 Å². The van der Waals surface area contributed by atoms with Gasteiger partial charge in [0.15, 0.2) is 10.9 Å². The van der Waals surface area contributed by atoms with E-state index in [-0.39, 0.29) is 23.4 Å². The number of nitrogens with zero attached hydrogens (tertiary/aromatic N) is 2. The molecule has 0 radical (unpaired) electrons. The number of hydrogen-bond acceptors (Lipinski definition) is 6. The number of halogens is 1. The summed E-state index contributed by atoms with van der Waals surface area (Å²) in [6.45, 7) is 2.83. The van der Waals surface area contributed by atoms with Gasteiger partial charge >= 0.3 is 0 Å². The molecule has 0 atom stereocenters. The Kier molecular flexibility index (Phi) is 6.50. The second-order valence-corrected chi connectivity index (χ2v) is 8.70. The summed E-state index contributed by atoms with van der Waals surface area (Å²) in [5.74, 6) is 0.118. The number of aryl methyl sites for hydroxylation is 1. The summed E-state index contributed by atoms with van der Waals surface area (Å²) in [4.78, 5) is 32.7. The molecule has 1 aliphatic rings. The third-order valence-corrected chi connectivity index (χ3v) is 6.68. The summed E-state index contributed by atoms with van der Waals surface area (Å²) in [5.41, 5.74) is 1.96. The normalized spacial score (nSPS) is 14.3. The van der Waals surface area contributed by atoms with Crippen LogP contribution in [0.4, 0.5) is 15.2 Å². The average molecular weight is 454 g/mol. The molecule has 0 saturated carbocycles. The van der Waals surface area contributed by atoms with Crippen molar-refractivity contribution in [2.75, 3.05) is 25.5 Å². The lowest BCUT2D eigenvalue weighted by atomic mass is 9.89. The lowest BCUT2D eigenvalue weighted by molar-refractivity contribution is 0.0653. The van der Waals surface area contributed by atoms with Gasteiger partial charge in [0, 0.05) is 24.6 Å². The van der Waals surface area contributed by atoms with Crippen LogP contribution in [0.15, 0.2) is 48.5 Å². The topological polar surface area (TPSA) is 71.5 Å². The molecular formula is C24H24FN3O3S. The standard InChI is InChI=1S/C24H24FN3O3S/c1-15-22(32-24(26-15)27-19-5-3-4-6-20(19)31-2)23(30)28-13-11-17(12-14-28)21(29)16-7-9-18(25)10-8-16/h3-10,17H,11-14H2,1-2H3,(H,26,27). The highest BCUT2D eigenvalue weighted by Gasteiger charge is 2.30. The molecule has 32 heavy (non-hydrogen) atoms. The predicted molar refractivity (Wildman–Crippen MR) is 122 cm³/mol. The van der Waals surface area contributed by atoms with Crippen molar-refractivity contribution in [1.82, 2.24) is 9.88 Å². The Bertz CT molecular complexity index is 1120. The van der Waals surface area contributed by atoms with E-state index >= 15 is 0 Å². The number of amides is 1. The molecule has 8 heteroatoms. The van der Waals surface area contributed by atoms with E-state index in [0.717, 1.165) is 5.69 Å². The first-order valence-electron chi connectivity index (χ1n) is 10.4. The maximum Gasteiger partial charge on any atom is 0.265 e. The fraction of sp³-hybridized carbons (Fsp3) is 0.292. The van der Waals surface area contributed by atoms with Crippen LogP contribution in [0.5, 0.6) is 5.75 Å². The van der Waals surface area contributed by atoms with Crippen LogP contribution in [0, 0.1) is 18.7 Å². The smallest absolute Gasteiger partial charge is 0.265 e. The summed E-state index contributed by atoms with van der Waals surface area (Å²) >= 11 is 1.31. The lowest BCUT2D eigenvalue weighted by Crippen LogP contribution is -2.40. The number of rotatable bonds is 6. The molecule has 0 aliphatic carbocycles. The number of carbonyl (C=O) groups excluding carboxylic acids is 2. The second kappa shape index (κ2) is 9.48. The molecule has 1 aromatic heterocycles. The lowest BCUT2D eigenvalue weighted by Gasteiger charge is -2.31. The molecule has 2 aromatic carbocycles. The van der Waals surface area contributed by atoms with Crippen LogP contribution in [0.3, 0.4) is 0 Å². The number of anilines is 2. The summed E-state index contributed by atoms with van der Waals surface area (Å²) in [5, 5.41) is 3.85. The van der Waals surface area contributed by atoms with Crippen molar-refractivity contribution in [3.05, 3.63) is 70.5 Å². The predicted octanol–water partition coefficient (Wildman–Crippen LogP) is 5.08. The first-order chi connectivity index (χ1) is 15.5. The molecule has 1 aliphatic heterocycles. The van der Waals surface area contributed by atoms with E-state index in [4.69, 9.17) is 4.74 Å². The van der Waals surface area contributed by atoms with E-state index in [0.29, 0.717) is 52.9 Å². The largest absolute Gasteiger partial charge is 0.495 e. The SMILES string of the molecule is COc1ccccc1Nc1nc(C)c(C(=O)N2CCC(C(=O)c3ccc(F)cc3)CC2)s1.